The van der Waals surface area contributed by atoms with Gasteiger partial charge in [-0.25, -0.2) is 9.97 Å². The normalized spacial score (nSPS) is 11.4. The van der Waals surface area contributed by atoms with E-state index in [-0.39, 0.29) is 40.2 Å². The molecule has 22 aromatic rings. The molecule has 0 bridgehead atoms. The van der Waals surface area contributed by atoms with Gasteiger partial charge in [-0.1, -0.05) is 235 Å². The Labute approximate surface area is 745 Å². The number of pyridine rings is 4. The van der Waals surface area contributed by atoms with Gasteiger partial charge in [-0.2, -0.15) is 0 Å². The molecule has 0 N–H and O–H groups in total. The Kier molecular flexibility index (Phi) is 20.5. The van der Waals surface area contributed by atoms with Crippen molar-refractivity contribution < 1.29 is 40.2 Å². The maximum Gasteiger partial charge on any atom is 3.00 e. The van der Waals surface area contributed by atoms with Crippen molar-refractivity contribution in [3.8, 4) is 168 Å². The summed E-state index contributed by atoms with van der Waals surface area (Å²) in [5, 5.41) is 7.97. The average Bonchev–Trinajstić information content (AvgIpc) is 1.57. The van der Waals surface area contributed by atoms with Crippen molar-refractivity contribution in [1.82, 2.24) is 49.0 Å². The number of aryl methyl sites for hydroxylation is 2. The standard InChI is InChI=1S/C112H70N10.2Ir/c1-69-71(3)121(111(119-69)85-62-81(93-26-9-5-22-89(93)73-36-44-77(45-37-73)103-32-13-17-56-113-103)60-82(63-85)94-27-10-6-23-90(94)74-38-46-78(47-39-74)104-33-14-18-57-114-104)87-52-54-99-101(66-87)97-30-21-31-98-102-67-88(53-55-100(102)110-108(107(97)98)109(99)117-68-118-110)122-72(4)70(2)120-112(122)86-64-83(95-28-11-7-24-91(95)75-40-48-79(49-41-75)105-34-15-19-58-115-105)61-84(65-86)96-29-12-8-25-92(96)76-42-50-80(51-43-76)106-35-16-20-59-116-106;;/h5-44,46,48,50,52-53,56-68H,1-4H3;;/q-6;2*+3. The number of imidazole rings is 2. The quantitative estimate of drug-likeness (QED) is 0.0534. The van der Waals surface area contributed by atoms with Gasteiger partial charge >= 0.3 is 40.2 Å². The molecule has 0 fully saturated rings. The number of aromatic nitrogens is 10. The molecule has 0 saturated heterocycles. The van der Waals surface area contributed by atoms with Crippen molar-refractivity contribution in [3.05, 3.63) is 412 Å². The van der Waals surface area contributed by atoms with E-state index >= 15 is 0 Å². The molecule has 0 saturated carbocycles. The van der Waals surface area contributed by atoms with Gasteiger partial charge in [0.15, 0.2) is 0 Å². The summed E-state index contributed by atoms with van der Waals surface area (Å²) in [7, 11) is 0. The fraction of sp³-hybridized carbons (Fsp3) is 0.0357. The molecule has 12 heteroatoms. The molecule has 0 aliphatic heterocycles. The van der Waals surface area contributed by atoms with E-state index in [1.807, 2.05) is 97.6 Å². The van der Waals surface area contributed by atoms with E-state index in [4.69, 9.17) is 19.9 Å². The Morgan fingerprint density at radius 3 is 0.815 bits per heavy atom. The van der Waals surface area contributed by atoms with E-state index in [1.54, 1.807) is 6.33 Å². The summed E-state index contributed by atoms with van der Waals surface area (Å²) in [5.41, 5.74) is 33.3. The van der Waals surface area contributed by atoms with Crippen LogP contribution in [0.15, 0.2) is 353 Å². The Hall–Kier alpha value is -14.7. The summed E-state index contributed by atoms with van der Waals surface area (Å²) >= 11 is 0. The molecular formula is C112H70Ir2N10. The van der Waals surface area contributed by atoms with Crippen LogP contribution >= 0.6 is 0 Å². The summed E-state index contributed by atoms with van der Waals surface area (Å²) in [6.07, 6.45) is 8.98. The van der Waals surface area contributed by atoms with Crippen LogP contribution < -0.4 is 0 Å². The SMILES string of the molecule is Cc1nc(-c2cc(-c3ccccc3-c3c[c-]c(-c4ccccn4)cc3)cc(-c3ccccc3-c3c[c-]c(-c4ccccn4)cc3)c2)n(-c2c[c-]c3c(c2)c2cccc4c5cc(-n6c(-c7cc(-c8ccccc8-c8c[c-]c(-c9ccccn9)cc8)cc(-c8ccccc8-c8c[c-]c(-c9ccccn9)cc8)c7)nc(C)c6C)c[c-]c5c5ncnc3c5c24)c1C.[Ir+3].[Ir+3]. The third-order valence-corrected chi connectivity index (χ3v) is 23.9. The Bertz CT molecular complexity index is 7070. The molecular weight excluding hydrogens is 1870 g/mol. The molecule has 0 unspecified atom stereocenters. The Balaban J connectivity index is 0.00000487. The first-order valence-corrected chi connectivity index (χ1v) is 40.8. The van der Waals surface area contributed by atoms with Gasteiger partial charge in [0.1, 0.15) is 11.6 Å². The molecule has 0 radical (unpaired) electrons. The number of rotatable bonds is 16. The summed E-state index contributed by atoms with van der Waals surface area (Å²) in [6, 6.07) is 135. The van der Waals surface area contributed by atoms with Crippen LogP contribution in [0.25, 0.3) is 222 Å². The van der Waals surface area contributed by atoms with Crippen molar-refractivity contribution in [3.63, 3.8) is 0 Å². The van der Waals surface area contributed by atoms with E-state index in [0.29, 0.717) is 0 Å². The molecule has 0 aliphatic rings. The molecule has 124 heavy (non-hydrogen) atoms. The van der Waals surface area contributed by atoms with Crippen LogP contribution in [0.3, 0.4) is 0 Å². The summed E-state index contributed by atoms with van der Waals surface area (Å²) in [6.45, 7) is 8.54. The van der Waals surface area contributed by atoms with Gasteiger partial charge in [0.2, 0.25) is 0 Å². The number of nitrogens with zero attached hydrogens (tertiary/aromatic N) is 10. The smallest absolute Gasteiger partial charge is 0.338 e. The van der Waals surface area contributed by atoms with E-state index in [9.17, 15) is 0 Å². The second-order valence-corrected chi connectivity index (χ2v) is 31.0. The van der Waals surface area contributed by atoms with Crippen molar-refractivity contribution in [2.24, 2.45) is 0 Å². The summed E-state index contributed by atoms with van der Waals surface area (Å²) in [5.74, 6) is 1.59. The average molecular weight is 1940 g/mol. The first-order chi connectivity index (χ1) is 60.1. The first kappa shape index (κ1) is 77.8. The predicted molar refractivity (Wildman–Crippen MR) is 494 cm³/mol. The van der Waals surface area contributed by atoms with Gasteiger partial charge in [0.05, 0.1) is 17.7 Å². The van der Waals surface area contributed by atoms with E-state index < -0.39 is 0 Å². The maximum atomic E-state index is 5.56. The molecule has 0 atom stereocenters. The van der Waals surface area contributed by atoms with Crippen molar-refractivity contribution in [2.75, 3.05) is 0 Å². The van der Waals surface area contributed by atoms with Gasteiger partial charge in [-0.15, -0.1) is 166 Å². The second kappa shape index (κ2) is 32.7. The maximum absolute atomic E-state index is 5.56. The van der Waals surface area contributed by atoms with Gasteiger partial charge in [0, 0.05) is 47.3 Å². The number of hydrogen-bond acceptors (Lipinski definition) is 8. The minimum Gasteiger partial charge on any atom is -0.338 e. The molecule has 22 rings (SSSR count). The number of benzene rings is 15. The van der Waals surface area contributed by atoms with Gasteiger partial charge in [-0.3, -0.25) is 9.97 Å². The topological polar surface area (TPSA) is 113 Å². The van der Waals surface area contributed by atoms with E-state index in [0.717, 1.165) is 245 Å². The Morgan fingerprint density at radius 1 is 0.242 bits per heavy atom. The third-order valence-electron chi connectivity index (χ3n) is 23.9. The van der Waals surface area contributed by atoms with Crippen LogP contribution in [0.5, 0.6) is 0 Å². The molecule has 0 spiro atoms. The molecule has 15 aromatic carbocycles. The largest absolute Gasteiger partial charge is 3.00 e. The molecule has 0 aliphatic carbocycles. The Morgan fingerprint density at radius 2 is 0.532 bits per heavy atom. The molecule has 0 amide bonds. The zero-order valence-corrected chi connectivity index (χ0v) is 72.4. The van der Waals surface area contributed by atoms with Crippen LogP contribution in [0.1, 0.15) is 22.8 Å². The van der Waals surface area contributed by atoms with E-state index in [2.05, 4.69) is 342 Å². The van der Waals surface area contributed by atoms with E-state index in [1.165, 1.54) is 0 Å². The van der Waals surface area contributed by atoms with Crippen LogP contribution in [0.4, 0.5) is 0 Å². The van der Waals surface area contributed by atoms with Crippen LogP contribution in [-0.2, 0) is 40.2 Å². The zero-order chi connectivity index (χ0) is 81.5. The number of fused-ring (bicyclic) bond motifs is 6. The number of hydrogen-bond donors (Lipinski definition) is 0. The molecule has 7 aromatic heterocycles. The monoisotopic (exact) mass is 1940 g/mol. The minimum atomic E-state index is 0. The van der Waals surface area contributed by atoms with Crippen LogP contribution in [0.2, 0.25) is 0 Å². The van der Waals surface area contributed by atoms with Crippen LogP contribution in [-0.4, -0.2) is 49.0 Å². The van der Waals surface area contributed by atoms with Crippen molar-refractivity contribution in [2.45, 2.75) is 27.7 Å². The van der Waals surface area contributed by atoms with Crippen LogP contribution in [0, 0.1) is 64.1 Å². The molecule has 7 heterocycles. The van der Waals surface area contributed by atoms with Gasteiger partial charge in [-0.05, 0) is 183 Å². The molecule has 10 nitrogen and oxygen atoms in total. The molecule has 586 valence electrons. The summed E-state index contributed by atoms with van der Waals surface area (Å²) < 4.78 is 4.62. The predicted octanol–water partition coefficient (Wildman–Crippen LogP) is 27.0. The summed E-state index contributed by atoms with van der Waals surface area (Å²) in [4.78, 5) is 40.0. The minimum absolute atomic E-state index is 0. The van der Waals surface area contributed by atoms with Gasteiger partial charge in [0.25, 0.3) is 0 Å². The van der Waals surface area contributed by atoms with Gasteiger partial charge < -0.3 is 29.1 Å². The fourth-order valence-electron chi connectivity index (χ4n) is 17.7. The van der Waals surface area contributed by atoms with Crippen molar-refractivity contribution >= 4 is 54.1 Å². The fourth-order valence-corrected chi connectivity index (χ4v) is 17.7. The zero-order valence-electron chi connectivity index (χ0n) is 67.6. The first-order valence-electron chi connectivity index (χ1n) is 40.8. The van der Waals surface area contributed by atoms with Crippen molar-refractivity contribution in [1.29, 1.82) is 0 Å². The third kappa shape index (κ3) is 13.9. The second-order valence-electron chi connectivity index (χ2n) is 31.0.